The van der Waals surface area contributed by atoms with Crippen molar-refractivity contribution in [2.24, 2.45) is 0 Å². The summed E-state index contributed by atoms with van der Waals surface area (Å²) >= 11 is 0. The van der Waals surface area contributed by atoms with E-state index in [9.17, 15) is 9.59 Å². The van der Waals surface area contributed by atoms with Gasteiger partial charge in [-0.3, -0.25) is 4.79 Å². The fourth-order valence-electron chi connectivity index (χ4n) is 2.09. The molecule has 0 fully saturated rings. The first-order valence-electron chi connectivity index (χ1n) is 6.96. The number of aromatic nitrogens is 2. The normalized spacial score (nSPS) is 10.3. The first-order chi connectivity index (χ1) is 10.2. The number of nitrogens with zero attached hydrogens (tertiary/aromatic N) is 2. The summed E-state index contributed by atoms with van der Waals surface area (Å²) in [5, 5.41) is 0. The molecule has 110 valence electrons. The van der Waals surface area contributed by atoms with E-state index in [1.165, 1.54) is 0 Å². The van der Waals surface area contributed by atoms with Gasteiger partial charge >= 0.3 is 5.97 Å². The van der Waals surface area contributed by atoms with Crippen LogP contribution in [0.4, 0.5) is 0 Å². The SMILES string of the molecule is CCOC(=O)c1ccc(CCCn2cncc2C=O)cc1. The first-order valence-corrected chi connectivity index (χ1v) is 6.96. The van der Waals surface area contributed by atoms with Gasteiger partial charge in [0.25, 0.3) is 0 Å². The number of rotatable bonds is 7. The molecule has 5 heteroatoms. The van der Waals surface area contributed by atoms with Gasteiger partial charge in [-0.2, -0.15) is 0 Å². The standard InChI is InChI=1S/C16H18N2O3/c1-2-21-16(20)14-7-5-13(6-8-14)4-3-9-18-12-17-10-15(18)11-19/h5-8,10-12H,2-4,9H2,1H3. The second-order valence-electron chi connectivity index (χ2n) is 4.65. The third-order valence-corrected chi connectivity index (χ3v) is 3.19. The van der Waals surface area contributed by atoms with E-state index >= 15 is 0 Å². The highest BCUT2D eigenvalue weighted by Gasteiger charge is 2.05. The summed E-state index contributed by atoms with van der Waals surface area (Å²) < 4.78 is 6.77. The lowest BCUT2D eigenvalue weighted by Crippen LogP contribution is -2.05. The van der Waals surface area contributed by atoms with Gasteiger partial charge < -0.3 is 9.30 Å². The van der Waals surface area contributed by atoms with Crippen LogP contribution in [-0.2, 0) is 17.7 Å². The van der Waals surface area contributed by atoms with E-state index in [0.29, 0.717) is 17.9 Å². The molecule has 1 aromatic heterocycles. The predicted molar refractivity (Wildman–Crippen MR) is 78.3 cm³/mol. The largest absolute Gasteiger partial charge is 0.462 e. The highest BCUT2D eigenvalue weighted by molar-refractivity contribution is 5.89. The molecule has 0 N–H and O–H groups in total. The number of carbonyl (C=O) groups excluding carboxylic acids is 2. The minimum absolute atomic E-state index is 0.293. The molecule has 0 radical (unpaired) electrons. The number of ether oxygens (including phenoxy) is 1. The van der Waals surface area contributed by atoms with Crippen LogP contribution in [0.2, 0.25) is 0 Å². The Morgan fingerprint density at radius 2 is 2.10 bits per heavy atom. The average Bonchev–Trinajstić information content (AvgIpc) is 2.96. The minimum atomic E-state index is -0.293. The highest BCUT2D eigenvalue weighted by Crippen LogP contribution is 2.09. The van der Waals surface area contributed by atoms with Gasteiger partial charge in [0, 0.05) is 6.54 Å². The fraction of sp³-hybridized carbons (Fsp3) is 0.312. The predicted octanol–water partition coefficient (Wildman–Crippen LogP) is 2.51. The maximum atomic E-state index is 11.5. The Morgan fingerprint density at radius 1 is 1.33 bits per heavy atom. The van der Waals surface area contributed by atoms with Gasteiger partial charge in [-0.15, -0.1) is 0 Å². The molecule has 1 aromatic carbocycles. The molecular weight excluding hydrogens is 268 g/mol. The number of aldehydes is 1. The molecule has 0 saturated carbocycles. The quantitative estimate of drug-likeness (QED) is 0.579. The number of esters is 1. The van der Waals surface area contributed by atoms with Crippen LogP contribution >= 0.6 is 0 Å². The molecule has 0 bridgehead atoms. The Balaban J connectivity index is 1.86. The van der Waals surface area contributed by atoms with E-state index in [0.717, 1.165) is 31.2 Å². The molecule has 2 rings (SSSR count). The maximum Gasteiger partial charge on any atom is 0.338 e. The topological polar surface area (TPSA) is 61.2 Å². The molecule has 1 heterocycles. The summed E-state index contributed by atoms with van der Waals surface area (Å²) in [4.78, 5) is 26.2. The van der Waals surface area contributed by atoms with Crippen molar-refractivity contribution in [2.45, 2.75) is 26.3 Å². The number of hydrogen-bond donors (Lipinski definition) is 0. The molecule has 0 saturated heterocycles. The van der Waals surface area contributed by atoms with E-state index in [1.54, 1.807) is 31.6 Å². The van der Waals surface area contributed by atoms with E-state index in [-0.39, 0.29) is 5.97 Å². The zero-order chi connectivity index (χ0) is 15.1. The van der Waals surface area contributed by atoms with E-state index in [2.05, 4.69) is 4.98 Å². The van der Waals surface area contributed by atoms with Crippen molar-refractivity contribution in [3.8, 4) is 0 Å². The van der Waals surface area contributed by atoms with Crippen LogP contribution < -0.4 is 0 Å². The summed E-state index contributed by atoms with van der Waals surface area (Å²) in [7, 11) is 0. The number of carbonyl (C=O) groups is 2. The van der Waals surface area contributed by atoms with Crippen LogP contribution in [0.1, 0.15) is 39.8 Å². The minimum Gasteiger partial charge on any atom is -0.462 e. The molecule has 5 nitrogen and oxygen atoms in total. The van der Waals surface area contributed by atoms with Crippen LogP contribution in [0.3, 0.4) is 0 Å². The van der Waals surface area contributed by atoms with Crippen molar-refractivity contribution in [1.82, 2.24) is 9.55 Å². The summed E-state index contributed by atoms with van der Waals surface area (Å²) in [5.41, 5.74) is 2.31. The first kappa shape index (κ1) is 15.0. The zero-order valence-electron chi connectivity index (χ0n) is 12.0. The molecule has 0 amide bonds. The molecule has 0 aliphatic carbocycles. The van der Waals surface area contributed by atoms with Crippen LogP contribution in [0.5, 0.6) is 0 Å². The van der Waals surface area contributed by atoms with Crippen molar-refractivity contribution in [1.29, 1.82) is 0 Å². The van der Waals surface area contributed by atoms with Gasteiger partial charge in [0.2, 0.25) is 0 Å². The van der Waals surface area contributed by atoms with Crippen molar-refractivity contribution >= 4 is 12.3 Å². The zero-order valence-corrected chi connectivity index (χ0v) is 12.0. The van der Waals surface area contributed by atoms with Crippen molar-refractivity contribution < 1.29 is 14.3 Å². The lowest BCUT2D eigenvalue weighted by atomic mass is 10.1. The fourth-order valence-corrected chi connectivity index (χ4v) is 2.09. The van der Waals surface area contributed by atoms with Gasteiger partial charge in [0.1, 0.15) is 5.69 Å². The number of benzene rings is 1. The molecule has 2 aromatic rings. The van der Waals surface area contributed by atoms with Crippen molar-refractivity contribution in [3.63, 3.8) is 0 Å². The lowest BCUT2D eigenvalue weighted by molar-refractivity contribution is 0.0526. The van der Waals surface area contributed by atoms with Gasteiger partial charge in [-0.25, -0.2) is 9.78 Å². The average molecular weight is 286 g/mol. The van der Waals surface area contributed by atoms with Gasteiger partial charge in [-0.05, 0) is 37.5 Å². The van der Waals surface area contributed by atoms with E-state index in [1.807, 2.05) is 16.7 Å². The second-order valence-corrected chi connectivity index (χ2v) is 4.65. The second kappa shape index (κ2) is 7.38. The van der Waals surface area contributed by atoms with Gasteiger partial charge in [-0.1, -0.05) is 12.1 Å². The van der Waals surface area contributed by atoms with Crippen molar-refractivity contribution in [2.75, 3.05) is 6.61 Å². The Labute approximate surface area is 123 Å². The molecular formula is C16H18N2O3. The Kier molecular flexibility index (Phi) is 5.26. The lowest BCUT2D eigenvalue weighted by Gasteiger charge is -2.06. The van der Waals surface area contributed by atoms with E-state index < -0.39 is 0 Å². The molecule has 0 aliphatic heterocycles. The molecule has 0 unspecified atom stereocenters. The number of hydrogen-bond acceptors (Lipinski definition) is 4. The maximum absolute atomic E-state index is 11.5. The molecule has 0 spiro atoms. The van der Waals surface area contributed by atoms with Crippen LogP contribution in [0.25, 0.3) is 0 Å². The number of aryl methyl sites for hydroxylation is 2. The summed E-state index contributed by atoms with van der Waals surface area (Å²) in [6.07, 6.45) is 5.80. The molecule has 21 heavy (non-hydrogen) atoms. The van der Waals surface area contributed by atoms with E-state index in [4.69, 9.17) is 4.74 Å². The van der Waals surface area contributed by atoms with Crippen LogP contribution in [-0.4, -0.2) is 28.4 Å². The summed E-state index contributed by atoms with van der Waals surface area (Å²) in [6.45, 7) is 2.91. The third-order valence-electron chi connectivity index (χ3n) is 3.19. The third kappa shape index (κ3) is 4.02. The summed E-state index contributed by atoms with van der Waals surface area (Å²) in [5.74, 6) is -0.293. The van der Waals surface area contributed by atoms with Crippen molar-refractivity contribution in [3.05, 3.63) is 53.6 Å². The Bertz CT molecular complexity index is 602. The monoisotopic (exact) mass is 286 g/mol. The highest BCUT2D eigenvalue weighted by atomic mass is 16.5. The van der Waals surface area contributed by atoms with Crippen LogP contribution in [0, 0.1) is 0 Å². The van der Waals surface area contributed by atoms with Gasteiger partial charge in [0.15, 0.2) is 6.29 Å². The Morgan fingerprint density at radius 3 is 2.76 bits per heavy atom. The number of imidazole rings is 1. The molecule has 0 aliphatic rings. The van der Waals surface area contributed by atoms with Gasteiger partial charge in [0.05, 0.1) is 24.7 Å². The molecule has 0 atom stereocenters. The summed E-state index contributed by atoms with van der Waals surface area (Å²) in [6, 6.07) is 7.42. The Hall–Kier alpha value is -2.43. The smallest absolute Gasteiger partial charge is 0.338 e. The van der Waals surface area contributed by atoms with Crippen LogP contribution in [0.15, 0.2) is 36.8 Å².